The molecule has 0 radical (unpaired) electrons. The van der Waals surface area contributed by atoms with Gasteiger partial charge in [-0.25, -0.2) is 4.99 Å². The average molecular weight is 432 g/mol. The van der Waals surface area contributed by atoms with E-state index in [1.54, 1.807) is 11.3 Å². The summed E-state index contributed by atoms with van der Waals surface area (Å²) in [7, 11) is 0. The van der Waals surface area contributed by atoms with E-state index in [0.29, 0.717) is 6.04 Å². The fourth-order valence-corrected chi connectivity index (χ4v) is 2.56. The van der Waals surface area contributed by atoms with Crippen molar-refractivity contribution in [2.24, 2.45) is 4.99 Å². The van der Waals surface area contributed by atoms with Crippen molar-refractivity contribution in [1.29, 1.82) is 0 Å². The summed E-state index contributed by atoms with van der Waals surface area (Å²) in [5.41, 5.74) is 0. The van der Waals surface area contributed by atoms with Crippen molar-refractivity contribution < 1.29 is 0 Å². The van der Waals surface area contributed by atoms with Crippen LogP contribution in [0.15, 0.2) is 20.9 Å². The lowest BCUT2D eigenvalue weighted by molar-refractivity contribution is 0.701. The van der Waals surface area contributed by atoms with Crippen molar-refractivity contribution in [3.63, 3.8) is 0 Å². The van der Waals surface area contributed by atoms with Crippen LogP contribution in [-0.2, 0) is 6.54 Å². The lowest BCUT2D eigenvalue weighted by atomic mass is 10.4. The highest BCUT2D eigenvalue weighted by molar-refractivity contribution is 14.0. The number of aliphatic imine (C=N–C) groups is 1. The first-order valence-electron chi connectivity index (χ1n) is 5.39. The molecular formula is C11H19BrIN3S. The first kappa shape index (κ1) is 17.2. The predicted octanol–water partition coefficient (Wildman–Crippen LogP) is 3.59. The molecule has 17 heavy (non-hydrogen) atoms. The number of rotatable bonds is 4. The molecule has 1 aromatic heterocycles. The number of thiophene rings is 1. The third-order valence-corrected chi connectivity index (χ3v) is 3.47. The van der Waals surface area contributed by atoms with Crippen molar-refractivity contribution >= 4 is 57.2 Å². The van der Waals surface area contributed by atoms with Crippen LogP contribution in [0.25, 0.3) is 0 Å². The largest absolute Gasteiger partial charge is 0.357 e. The second-order valence-electron chi connectivity index (χ2n) is 3.73. The van der Waals surface area contributed by atoms with Crippen molar-refractivity contribution in [2.75, 3.05) is 6.54 Å². The summed E-state index contributed by atoms with van der Waals surface area (Å²) in [5, 5.41) is 8.59. The molecule has 0 aliphatic rings. The molecule has 0 aromatic carbocycles. The Morgan fingerprint density at radius 3 is 2.71 bits per heavy atom. The number of guanidine groups is 1. The fourth-order valence-electron chi connectivity index (χ4n) is 1.19. The quantitative estimate of drug-likeness (QED) is 0.434. The zero-order valence-electron chi connectivity index (χ0n) is 10.3. The second kappa shape index (κ2) is 9.16. The Bertz CT molecular complexity index is 352. The van der Waals surface area contributed by atoms with E-state index in [4.69, 9.17) is 0 Å². The highest BCUT2D eigenvalue weighted by atomic mass is 127. The predicted molar refractivity (Wildman–Crippen MR) is 90.5 cm³/mol. The fraction of sp³-hybridized carbons (Fsp3) is 0.545. The van der Waals surface area contributed by atoms with Gasteiger partial charge in [0, 0.05) is 27.3 Å². The molecule has 0 saturated heterocycles. The van der Waals surface area contributed by atoms with Gasteiger partial charge in [-0.1, -0.05) is 0 Å². The topological polar surface area (TPSA) is 36.4 Å². The molecule has 0 atom stereocenters. The van der Waals surface area contributed by atoms with E-state index >= 15 is 0 Å². The third-order valence-electron chi connectivity index (χ3n) is 1.78. The summed E-state index contributed by atoms with van der Waals surface area (Å²) in [6.45, 7) is 7.88. The summed E-state index contributed by atoms with van der Waals surface area (Å²) in [4.78, 5) is 5.78. The minimum Gasteiger partial charge on any atom is -0.357 e. The second-order valence-corrected chi connectivity index (χ2v) is 5.64. The Labute approximate surface area is 133 Å². The highest BCUT2D eigenvalue weighted by Crippen LogP contribution is 2.20. The summed E-state index contributed by atoms with van der Waals surface area (Å²) >= 11 is 5.16. The van der Waals surface area contributed by atoms with Crippen molar-refractivity contribution in [3.05, 3.63) is 20.8 Å². The summed E-state index contributed by atoms with van der Waals surface area (Å²) < 4.78 is 1.13. The molecule has 3 nitrogen and oxygen atoms in total. The number of halogens is 2. The van der Waals surface area contributed by atoms with Gasteiger partial charge in [-0.3, -0.25) is 0 Å². The van der Waals surface area contributed by atoms with Gasteiger partial charge >= 0.3 is 0 Å². The van der Waals surface area contributed by atoms with Gasteiger partial charge in [-0.15, -0.1) is 35.3 Å². The zero-order chi connectivity index (χ0) is 12.0. The molecule has 2 N–H and O–H groups in total. The molecule has 1 heterocycles. The first-order chi connectivity index (χ1) is 7.61. The van der Waals surface area contributed by atoms with Crippen LogP contribution in [0.2, 0.25) is 0 Å². The highest BCUT2D eigenvalue weighted by Gasteiger charge is 2.00. The molecule has 0 saturated carbocycles. The normalized spacial score (nSPS) is 11.2. The third kappa shape index (κ3) is 7.25. The van der Waals surface area contributed by atoms with Crippen molar-refractivity contribution in [3.8, 4) is 0 Å². The maximum absolute atomic E-state index is 4.52. The monoisotopic (exact) mass is 431 g/mol. The number of nitrogens with one attached hydrogen (secondary N) is 2. The molecule has 0 amide bonds. The van der Waals surface area contributed by atoms with Crippen molar-refractivity contribution in [1.82, 2.24) is 10.6 Å². The Morgan fingerprint density at radius 1 is 1.53 bits per heavy atom. The van der Waals surface area contributed by atoms with Crippen LogP contribution in [0.5, 0.6) is 0 Å². The minimum atomic E-state index is 0. The standard InChI is InChI=1S/C11H18BrN3S.HI/c1-4-13-11(15-8(2)3)14-6-10-5-9(12)7-16-10;/h5,7-8H,4,6H2,1-3H3,(H2,13,14,15);1H. The Balaban J connectivity index is 0.00000256. The van der Waals surface area contributed by atoms with E-state index in [9.17, 15) is 0 Å². The molecule has 0 fully saturated rings. The smallest absolute Gasteiger partial charge is 0.191 e. The average Bonchev–Trinajstić information content (AvgIpc) is 2.60. The van der Waals surface area contributed by atoms with Crippen LogP contribution in [0.3, 0.4) is 0 Å². The van der Waals surface area contributed by atoms with Gasteiger partial charge in [0.2, 0.25) is 0 Å². The maximum atomic E-state index is 4.52. The van der Waals surface area contributed by atoms with Crippen LogP contribution in [0.4, 0.5) is 0 Å². The molecule has 1 rings (SSSR count). The van der Waals surface area contributed by atoms with E-state index in [1.807, 2.05) is 0 Å². The van der Waals surface area contributed by atoms with Gasteiger partial charge in [0.25, 0.3) is 0 Å². The molecule has 0 aliphatic heterocycles. The molecule has 1 aromatic rings. The molecule has 98 valence electrons. The molecule has 0 bridgehead atoms. The van der Waals surface area contributed by atoms with Crippen LogP contribution in [-0.4, -0.2) is 18.5 Å². The van der Waals surface area contributed by atoms with Crippen molar-refractivity contribution in [2.45, 2.75) is 33.4 Å². The van der Waals surface area contributed by atoms with E-state index < -0.39 is 0 Å². The molecular weight excluding hydrogens is 413 g/mol. The van der Waals surface area contributed by atoms with Gasteiger partial charge < -0.3 is 10.6 Å². The van der Waals surface area contributed by atoms with Gasteiger partial charge in [-0.05, 0) is 42.8 Å². The number of nitrogens with zero attached hydrogens (tertiary/aromatic N) is 1. The van der Waals surface area contributed by atoms with Gasteiger partial charge in [0.1, 0.15) is 0 Å². The van der Waals surface area contributed by atoms with Crippen LogP contribution >= 0.6 is 51.2 Å². The Kier molecular flexibility index (Phi) is 9.25. The van der Waals surface area contributed by atoms with E-state index in [2.05, 4.69) is 63.8 Å². The van der Waals surface area contributed by atoms with E-state index in [-0.39, 0.29) is 24.0 Å². The van der Waals surface area contributed by atoms with Crippen LogP contribution < -0.4 is 10.6 Å². The number of hydrogen-bond acceptors (Lipinski definition) is 2. The summed E-state index contributed by atoms with van der Waals surface area (Å²) in [6.07, 6.45) is 0. The molecule has 0 unspecified atom stereocenters. The lowest BCUT2D eigenvalue weighted by Crippen LogP contribution is -2.40. The van der Waals surface area contributed by atoms with E-state index in [0.717, 1.165) is 23.5 Å². The van der Waals surface area contributed by atoms with Gasteiger partial charge in [-0.2, -0.15) is 0 Å². The zero-order valence-corrected chi connectivity index (χ0v) is 15.0. The first-order valence-corrected chi connectivity index (χ1v) is 7.06. The lowest BCUT2D eigenvalue weighted by Gasteiger charge is -2.13. The number of hydrogen-bond donors (Lipinski definition) is 2. The summed E-state index contributed by atoms with van der Waals surface area (Å²) in [6, 6.07) is 2.50. The molecule has 6 heteroatoms. The van der Waals surface area contributed by atoms with E-state index in [1.165, 1.54) is 4.88 Å². The minimum absolute atomic E-state index is 0. The molecule has 0 spiro atoms. The Hall–Kier alpha value is 0.180. The van der Waals surface area contributed by atoms with Crippen LogP contribution in [0, 0.1) is 0 Å². The van der Waals surface area contributed by atoms with Gasteiger partial charge in [0.05, 0.1) is 6.54 Å². The molecule has 0 aliphatic carbocycles. The SMILES string of the molecule is CCNC(=NCc1cc(Br)cs1)NC(C)C.I. The summed E-state index contributed by atoms with van der Waals surface area (Å²) in [5.74, 6) is 0.877. The van der Waals surface area contributed by atoms with Crippen LogP contribution in [0.1, 0.15) is 25.6 Å². The Morgan fingerprint density at radius 2 is 2.24 bits per heavy atom. The maximum Gasteiger partial charge on any atom is 0.191 e. The van der Waals surface area contributed by atoms with Gasteiger partial charge in [0.15, 0.2) is 5.96 Å².